The summed E-state index contributed by atoms with van der Waals surface area (Å²) in [6.45, 7) is 11.0. The van der Waals surface area contributed by atoms with Gasteiger partial charge in [-0.1, -0.05) is 29.3 Å². The summed E-state index contributed by atoms with van der Waals surface area (Å²) in [6.07, 6.45) is 1.27. The Morgan fingerprint density at radius 3 is 2.38 bits per heavy atom. The van der Waals surface area contributed by atoms with Crippen molar-refractivity contribution in [2.24, 2.45) is 14.1 Å². The third-order valence-corrected chi connectivity index (χ3v) is 11.0. The van der Waals surface area contributed by atoms with Gasteiger partial charge in [-0.05, 0) is 107 Å². The van der Waals surface area contributed by atoms with E-state index in [1.54, 1.807) is 17.7 Å². The highest BCUT2D eigenvalue weighted by atomic mass is 35.5. The zero-order valence-electron chi connectivity index (χ0n) is 29.2. The Bertz CT molecular complexity index is 2360. The number of carboxylic acid groups (broad SMARTS) is 1. The van der Waals surface area contributed by atoms with Crippen molar-refractivity contribution in [3.63, 3.8) is 0 Å². The number of aromatic nitrogens is 4. The lowest BCUT2D eigenvalue weighted by Crippen LogP contribution is -2.42. The second kappa shape index (κ2) is 12.5. The smallest absolute Gasteiger partial charge is 0.352 e. The van der Waals surface area contributed by atoms with Gasteiger partial charge in [-0.15, -0.1) is 0 Å². The summed E-state index contributed by atoms with van der Waals surface area (Å²) in [5.74, 6) is -0.349. The first-order chi connectivity index (χ1) is 23.8. The molecule has 0 fully saturated rings. The lowest BCUT2D eigenvalue weighted by atomic mass is 9.98. The first kappa shape index (κ1) is 33.8. The van der Waals surface area contributed by atoms with Gasteiger partial charge in [0.15, 0.2) is 0 Å². The number of aryl methyl sites for hydroxylation is 6. The Balaban J connectivity index is 1.35. The van der Waals surface area contributed by atoms with Gasteiger partial charge < -0.3 is 23.9 Å². The third-order valence-electron chi connectivity index (χ3n) is 10.1. The van der Waals surface area contributed by atoms with Crippen LogP contribution in [0.5, 0.6) is 5.75 Å². The van der Waals surface area contributed by atoms with E-state index in [1.165, 1.54) is 0 Å². The maximum absolute atomic E-state index is 14.8. The molecule has 0 saturated carbocycles. The normalized spacial score (nSPS) is 14.6. The lowest BCUT2D eigenvalue weighted by Gasteiger charge is -2.34. The lowest BCUT2D eigenvalue weighted by molar-refractivity contribution is 0.0686. The van der Waals surface area contributed by atoms with E-state index in [1.807, 2.05) is 86.8 Å². The van der Waals surface area contributed by atoms with Crippen LogP contribution in [-0.4, -0.2) is 49.0 Å². The Morgan fingerprint density at radius 2 is 1.72 bits per heavy atom. The SMILES string of the molecule is Cc1cc(OCCCc2c3n(c4c(-c5c(C)nn(C)c5C)c(Cl)ccc24)[C@H](C)CN(c2ccc4c(c2)cc(C(=O)O)n4C)C3=O)cc(C)c1Cl. The maximum Gasteiger partial charge on any atom is 0.352 e. The monoisotopic (exact) mass is 711 g/mol. The summed E-state index contributed by atoms with van der Waals surface area (Å²) in [5, 5.41) is 17.5. The fourth-order valence-corrected chi connectivity index (χ4v) is 8.02. The summed E-state index contributed by atoms with van der Waals surface area (Å²) in [5.41, 5.74) is 9.82. The largest absolute Gasteiger partial charge is 0.494 e. The molecule has 1 aliphatic rings. The van der Waals surface area contributed by atoms with E-state index >= 15 is 0 Å². The highest BCUT2D eigenvalue weighted by Crippen LogP contribution is 2.45. The van der Waals surface area contributed by atoms with Crippen molar-refractivity contribution in [2.45, 2.75) is 53.5 Å². The summed E-state index contributed by atoms with van der Waals surface area (Å²) < 4.78 is 11.9. The van der Waals surface area contributed by atoms with E-state index in [4.69, 9.17) is 33.0 Å². The molecule has 0 aliphatic carbocycles. The molecular weight excluding hydrogens is 673 g/mol. The molecule has 258 valence electrons. The molecule has 4 heterocycles. The van der Waals surface area contributed by atoms with Crippen LogP contribution in [0.3, 0.4) is 0 Å². The Labute approximate surface area is 300 Å². The quantitative estimate of drug-likeness (QED) is 0.159. The second-order valence-electron chi connectivity index (χ2n) is 13.4. The van der Waals surface area contributed by atoms with Crippen molar-refractivity contribution in [2.75, 3.05) is 18.1 Å². The minimum Gasteiger partial charge on any atom is -0.494 e. The molecule has 0 unspecified atom stereocenters. The maximum atomic E-state index is 14.8. The molecule has 1 amide bonds. The zero-order valence-corrected chi connectivity index (χ0v) is 30.7. The van der Waals surface area contributed by atoms with E-state index in [-0.39, 0.29) is 17.6 Å². The number of rotatable bonds is 8. The highest BCUT2D eigenvalue weighted by molar-refractivity contribution is 6.35. The molecule has 0 saturated heterocycles. The summed E-state index contributed by atoms with van der Waals surface area (Å²) >= 11 is 13.4. The van der Waals surface area contributed by atoms with Gasteiger partial charge in [0.25, 0.3) is 5.91 Å². The fourth-order valence-electron chi connectivity index (χ4n) is 7.66. The predicted molar refractivity (Wildman–Crippen MR) is 200 cm³/mol. The number of hydrogen-bond donors (Lipinski definition) is 1. The average Bonchev–Trinajstić information content (AvgIpc) is 3.67. The number of carbonyl (C=O) groups excluding carboxylic acids is 1. The van der Waals surface area contributed by atoms with E-state index < -0.39 is 5.97 Å². The Kier molecular flexibility index (Phi) is 8.47. The van der Waals surface area contributed by atoms with Crippen LogP contribution in [0, 0.1) is 27.7 Å². The van der Waals surface area contributed by atoms with Gasteiger partial charge in [0.1, 0.15) is 17.1 Å². The molecular formula is C39H39Cl2N5O4. The minimum atomic E-state index is -0.999. The molecule has 6 aromatic rings. The number of halogens is 2. The van der Waals surface area contributed by atoms with Gasteiger partial charge in [-0.25, -0.2) is 4.79 Å². The first-order valence-electron chi connectivity index (χ1n) is 16.7. The molecule has 9 nitrogen and oxygen atoms in total. The van der Waals surface area contributed by atoms with E-state index in [9.17, 15) is 14.7 Å². The van der Waals surface area contributed by atoms with Crippen molar-refractivity contribution in [3.05, 3.63) is 98.0 Å². The van der Waals surface area contributed by atoms with Crippen LogP contribution in [0.4, 0.5) is 5.69 Å². The molecule has 3 aromatic heterocycles. The van der Waals surface area contributed by atoms with Crippen LogP contribution in [0.25, 0.3) is 32.9 Å². The summed E-state index contributed by atoms with van der Waals surface area (Å²) in [4.78, 5) is 28.5. The molecule has 3 aromatic carbocycles. The number of anilines is 1. The number of ether oxygens (including phenoxy) is 1. The van der Waals surface area contributed by atoms with Gasteiger partial charge in [0.2, 0.25) is 0 Å². The van der Waals surface area contributed by atoms with Gasteiger partial charge in [-0.3, -0.25) is 9.48 Å². The molecule has 11 heteroatoms. The molecule has 50 heavy (non-hydrogen) atoms. The van der Waals surface area contributed by atoms with Crippen LogP contribution in [0.1, 0.15) is 68.4 Å². The molecule has 1 atom stereocenters. The number of hydrogen-bond acceptors (Lipinski definition) is 4. The van der Waals surface area contributed by atoms with Crippen LogP contribution in [0.2, 0.25) is 10.0 Å². The topological polar surface area (TPSA) is 94.5 Å². The van der Waals surface area contributed by atoms with Gasteiger partial charge in [-0.2, -0.15) is 5.10 Å². The minimum absolute atomic E-state index is 0.106. The Morgan fingerprint density at radius 1 is 1.00 bits per heavy atom. The molecule has 1 N–H and O–H groups in total. The average molecular weight is 713 g/mol. The van der Waals surface area contributed by atoms with Gasteiger partial charge in [0, 0.05) is 70.5 Å². The number of carbonyl (C=O) groups is 2. The standard InChI is InChI=1S/C39H39Cl2N5O4/c1-20-15-27(16-21(2)35(20)41)50-14-8-9-28-29-11-12-30(40)34(33-23(4)42-44(7)24(33)5)36(29)46-22(3)19-45(38(47)37(28)46)26-10-13-31-25(17-26)18-32(39(48)49)43(31)6/h10-13,15-18,22H,8-9,14,19H2,1-7H3,(H,48,49)/t22-/m1/s1. The number of aromatic carboxylic acids is 1. The first-order valence-corrected chi connectivity index (χ1v) is 17.4. The van der Waals surface area contributed by atoms with Crippen molar-refractivity contribution < 1.29 is 19.4 Å². The van der Waals surface area contributed by atoms with Crippen molar-refractivity contribution in [3.8, 4) is 16.9 Å². The van der Waals surface area contributed by atoms with Gasteiger partial charge >= 0.3 is 5.97 Å². The van der Waals surface area contributed by atoms with E-state index in [0.717, 1.165) is 71.8 Å². The van der Waals surface area contributed by atoms with Crippen LogP contribution in [0.15, 0.2) is 48.5 Å². The number of nitrogens with zero attached hydrogens (tertiary/aromatic N) is 5. The number of carboxylic acids is 1. The molecule has 0 radical (unpaired) electrons. The van der Waals surface area contributed by atoms with Crippen LogP contribution in [-0.2, 0) is 20.5 Å². The second-order valence-corrected chi connectivity index (χ2v) is 14.2. The van der Waals surface area contributed by atoms with Crippen molar-refractivity contribution >= 4 is 62.6 Å². The number of fused-ring (bicyclic) bond motifs is 4. The molecule has 0 bridgehead atoms. The van der Waals surface area contributed by atoms with Gasteiger partial charge in [0.05, 0.1) is 22.8 Å². The summed E-state index contributed by atoms with van der Waals surface area (Å²) in [7, 11) is 3.66. The third kappa shape index (κ3) is 5.34. The van der Waals surface area contributed by atoms with E-state index in [0.29, 0.717) is 42.4 Å². The highest BCUT2D eigenvalue weighted by Gasteiger charge is 2.37. The molecule has 0 spiro atoms. The predicted octanol–water partition coefficient (Wildman–Crippen LogP) is 9.01. The van der Waals surface area contributed by atoms with Crippen LogP contribution >= 0.6 is 23.2 Å². The van der Waals surface area contributed by atoms with E-state index in [2.05, 4.69) is 11.5 Å². The fraction of sp³-hybridized carbons (Fsp3) is 0.308. The molecule has 7 rings (SSSR count). The Hall–Kier alpha value is -4.73. The zero-order chi connectivity index (χ0) is 35.8. The summed E-state index contributed by atoms with van der Waals surface area (Å²) in [6, 6.07) is 15.1. The van der Waals surface area contributed by atoms with Crippen molar-refractivity contribution in [1.82, 2.24) is 18.9 Å². The molecule has 1 aliphatic heterocycles. The van der Waals surface area contributed by atoms with Crippen LogP contribution < -0.4 is 9.64 Å². The number of benzene rings is 3. The number of amides is 1. The van der Waals surface area contributed by atoms with Crippen molar-refractivity contribution in [1.29, 1.82) is 0 Å².